The summed E-state index contributed by atoms with van der Waals surface area (Å²) in [6.07, 6.45) is 8.31. The summed E-state index contributed by atoms with van der Waals surface area (Å²) in [5, 5.41) is 9.67. The maximum Gasteiger partial charge on any atom is 0.216 e. The van der Waals surface area contributed by atoms with Crippen LogP contribution in [0.4, 0.5) is 10.1 Å². The van der Waals surface area contributed by atoms with Crippen molar-refractivity contribution in [2.75, 3.05) is 25.4 Å². The zero-order valence-electron chi connectivity index (χ0n) is 17.4. The first-order valence-electron chi connectivity index (χ1n) is 10.5. The molecule has 7 heteroatoms. The van der Waals surface area contributed by atoms with Gasteiger partial charge >= 0.3 is 0 Å². The van der Waals surface area contributed by atoms with Gasteiger partial charge in [-0.1, -0.05) is 12.1 Å². The first kappa shape index (κ1) is 20.9. The molecule has 1 fully saturated rings. The van der Waals surface area contributed by atoms with E-state index in [0.29, 0.717) is 40.8 Å². The number of piperidine rings is 1. The third kappa shape index (κ3) is 4.88. The van der Waals surface area contributed by atoms with Crippen molar-refractivity contribution in [3.63, 3.8) is 0 Å². The van der Waals surface area contributed by atoms with Crippen LogP contribution in [0.25, 0.3) is 11.3 Å². The lowest BCUT2D eigenvalue weighted by Gasteiger charge is -2.22. The molecule has 1 saturated heterocycles. The first-order valence-corrected chi connectivity index (χ1v) is 10.5. The quantitative estimate of drug-likeness (QED) is 0.509. The summed E-state index contributed by atoms with van der Waals surface area (Å²) >= 11 is 0. The van der Waals surface area contributed by atoms with Crippen LogP contribution >= 0.6 is 0 Å². The SMILES string of the molecule is Nc1cnc(-c2cnccc2OCCC2CCNCC2)cc1C(=[NH2+])c1ccccc1F. The molecule has 2 aromatic heterocycles. The molecule has 4 rings (SSSR count). The molecule has 160 valence electrons. The van der Waals surface area contributed by atoms with E-state index in [0.717, 1.165) is 25.1 Å². The van der Waals surface area contributed by atoms with Gasteiger partial charge in [-0.25, -0.2) is 4.39 Å². The molecule has 31 heavy (non-hydrogen) atoms. The van der Waals surface area contributed by atoms with E-state index in [-0.39, 0.29) is 5.71 Å². The number of pyridine rings is 2. The summed E-state index contributed by atoms with van der Waals surface area (Å²) in [5.41, 5.74) is 8.95. The Labute approximate surface area is 181 Å². The van der Waals surface area contributed by atoms with Crippen molar-refractivity contribution in [2.45, 2.75) is 19.3 Å². The Morgan fingerprint density at radius 3 is 2.77 bits per heavy atom. The van der Waals surface area contributed by atoms with Crippen LogP contribution in [0.3, 0.4) is 0 Å². The van der Waals surface area contributed by atoms with Gasteiger partial charge in [-0.2, -0.15) is 0 Å². The van der Waals surface area contributed by atoms with E-state index in [1.807, 2.05) is 6.07 Å². The van der Waals surface area contributed by atoms with Crippen LogP contribution in [0, 0.1) is 11.7 Å². The summed E-state index contributed by atoms with van der Waals surface area (Å²) in [6, 6.07) is 9.95. The molecule has 0 unspecified atom stereocenters. The van der Waals surface area contributed by atoms with Crippen molar-refractivity contribution >= 4 is 11.4 Å². The maximum atomic E-state index is 14.2. The Morgan fingerprint density at radius 2 is 1.97 bits per heavy atom. The molecular formula is C24H27FN5O+. The summed E-state index contributed by atoms with van der Waals surface area (Å²) < 4.78 is 20.3. The molecule has 0 saturated carbocycles. The van der Waals surface area contributed by atoms with E-state index in [1.165, 1.54) is 25.1 Å². The van der Waals surface area contributed by atoms with Gasteiger partial charge in [0.15, 0.2) is 0 Å². The number of rotatable bonds is 7. The maximum absolute atomic E-state index is 14.2. The molecule has 5 N–H and O–H groups in total. The van der Waals surface area contributed by atoms with Gasteiger partial charge in [-0.15, -0.1) is 0 Å². The van der Waals surface area contributed by atoms with Crippen LogP contribution in [-0.4, -0.2) is 35.4 Å². The number of nitrogen functional groups attached to an aromatic ring is 1. The lowest BCUT2D eigenvalue weighted by molar-refractivity contribution is -0.111. The Morgan fingerprint density at radius 1 is 1.16 bits per heavy atom. The van der Waals surface area contributed by atoms with Crippen molar-refractivity contribution < 1.29 is 14.5 Å². The van der Waals surface area contributed by atoms with Crippen LogP contribution in [0.5, 0.6) is 5.75 Å². The second-order valence-electron chi connectivity index (χ2n) is 7.75. The van der Waals surface area contributed by atoms with Crippen molar-refractivity contribution in [1.82, 2.24) is 15.3 Å². The van der Waals surface area contributed by atoms with E-state index in [1.54, 1.807) is 36.7 Å². The zero-order chi connectivity index (χ0) is 21.6. The number of ether oxygens (including phenoxy) is 1. The van der Waals surface area contributed by atoms with Crippen LogP contribution < -0.4 is 21.2 Å². The molecule has 6 nitrogen and oxygen atoms in total. The largest absolute Gasteiger partial charge is 0.493 e. The molecule has 1 aliphatic rings. The van der Waals surface area contributed by atoms with Crippen molar-refractivity contribution in [1.29, 1.82) is 0 Å². The van der Waals surface area contributed by atoms with E-state index in [9.17, 15) is 4.39 Å². The molecule has 3 heterocycles. The molecule has 0 atom stereocenters. The van der Waals surface area contributed by atoms with Gasteiger partial charge in [-0.05, 0) is 62.5 Å². The van der Waals surface area contributed by atoms with E-state index in [4.69, 9.17) is 15.9 Å². The number of anilines is 1. The minimum absolute atomic E-state index is 0.261. The highest BCUT2D eigenvalue weighted by Gasteiger charge is 2.20. The highest BCUT2D eigenvalue weighted by molar-refractivity contribution is 6.12. The number of nitrogens with one attached hydrogen (secondary N) is 1. The van der Waals surface area contributed by atoms with Crippen molar-refractivity contribution in [3.05, 3.63) is 71.9 Å². The van der Waals surface area contributed by atoms with Crippen molar-refractivity contribution in [3.8, 4) is 17.0 Å². The smallest absolute Gasteiger partial charge is 0.216 e. The Bertz CT molecular complexity index is 1070. The highest BCUT2D eigenvalue weighted by Crippen LogP contribution is 2.30. The topological polar surface area (TPSA) is 98.7 Å². The van der Waals surface area contributed by atoms with Gasteiger partial charge < -0.3 is 15.8 Å². The van der Waals surface area contributed by atoms with E-state index in [2.05, 4.69) is 15.3 Å². The van der Waals surface area contributed by atoms with Crippen LogP contribution in [0.2, 0.25) is 0 Å². The summed E-state index contributed by atoms with van der Waals surface area (Å²) in [7, 11) is 0. The number of aromatic nitrogens is 2. The molecule has 0 bridgehead atoms. The minimum Gasteiger partial charge on any atom is -0.493 e. The normalized spacial score (nSPS) is 14.4. The number of hydrogen-bond acceptors (Lipinski definition) is 5. The molecule has 1 aromatic carbocycles. The predicted molar refractivity (Wildman–Crippen MR) is 119 cm³/mol. The average molecular weight is 421 g/mol. The summed E-state index contributed by atoms with van der Waals surface area (Å²) in [4.78, 5) is 8.68. The molecule has 0 amide bonds. The fraction of sp³-hybridized carbons (Fsp3) is 0.292. The lowest BCUT2D eigenvalue weighted by Crippen LogP contribution is -2.42. The molecular weight excluding hydrogens is 393 g/mol. The molecule has 3 aromatic rings. The van der Waals surface area contributed by atoms with Gasteiger partial charge in [0.1, 0.15) is 11.6 Å². The Kier molecular flexibility index (Phi) is 6.52. The number of benzene rings is 1. The number of halogens is 1. The Balaban J connectivity index is 1.56. The molecule has 1 aliphatic heterocycles. The zero-order valence-corrected chi connectivity index (χ0v) is 17.4. The third-order valence-corrected chi connectivity index (χ3v) is 5.69. The minimum atomic E-state index is -0.402. The number of nitrogens with two attached hydrogens (primary N) is 2. The standard InChI is InChI=1S/C24H26FN5O/c25-20-4-2-1-3-17(20)24(27)18-13-22(30-15-21(18)26)19-14-29-11-7-23(19)31-12-8-16-5-9-28-10-6-16/h1-4,7,11,13-16,27-28H,5-6,8-10,12,26H2/p+1. The average Bonchev–Trinajstić information content (AvgIpc) is 2.80. The number of hydrogen-bond donors (Lipinski definition) is 3. The molecule has 0 radical (unpaired) electrons. The van der Waals surface area contributed by atoms with E-state index >= 15 is 0 Å². The highest BCUT2D eigenvalue weighted by atomic mass is 19.1. The van der Waals surface area contributed by atoms with Crippen LogP contribution in [0.1, 0.15) is 30.4 Å². The van der Waals surface area contributed by atoms with Crippen LogP contribution in [0.15, 0.2) is 55.0 Å². The molecule has 0 aliphatic carbocycles. The monoisotopic (exact) mass is 420 g/mol. The fourth-order valence-corrected chi connectivity index (χ4v) is 3.88. The second kappa shape index (κ2) is 9.66. The third-order valence-electron chi connectivity index (χ3n) is 5.69. The van der Waals surface area contributed by atoms with Crippen molar-refractivity contribution in [2.24, 2.45) is 5.92 Å². The van der Waals surface area contributed by atoms with Crippen LogP contribution in [-0.2, 0) is 0 Å². The van der Waals surface area contributed by atoms with E-state index < -0.39 is 5.82 Å². The summed E-state index contributed by atoms with van der Waals surface area (Å²) in [6.45, 7) is 2.78. The second-order valence-corrected chi connectivity index (χ2v) is 7.75. The van der Waals surface area contributed by atoms with Gasteiger partial charge in [0, 0.05) is 12.4 Å². The van der Waals surface area contributed by atoms with Gasteiger partial charge in [-0.3, -0.25) is 15.4 Å². The Hall–Kier alpha value is -3.32. The lowest BCUT2D eigenvalue weighted by atomic mass is 9.95. The molecule has 0 spiro atoms. The first-order chi connectivity index (χ1) is 15.1. The predicted octanol–water partition coefficient (Wildman–Crippen LogP) is 2.23. The van der Waals surface area contributed by atoms with Gasteiger partial charge in [0.05, 0.1) is 40.9 Å². The fourth-order valence-electron chi connectivity index (χ4n) is 3.88. The van der Waals surface area contributed by atoms with Gasteiger partial charge in [0.25, 0.3) is 0 Å². The van der Waals surface area contributed by atoms with Gasteiger partial charge in [0.2, 0.25) is 5.71 Å². The number of nitrogens with zero attached hydrogens (tertiary/aromatic N) is 2. The summed E-state index contributed by atoms with van der Waals surface area (Å²) in [5.74, 6) is 0.987.